The largest absolute Gasteiger partial charge is 0.252 e. The molecule has 0 aliphatic rings. The molecule has 0 aliphatic carbocycles. The van der Waals surface area contributed by atoms with E-state index in [0.29, 0.717) is 0 Å². The molecule has 0 amide bonds. The van der Waals surface area contributed by atoms with Gasteiger partial charge in [0.1, 0.15) is 0 Å². The molecule has 0 aliphatic heterocycles. The zero-order valence-electron chi connectivity index (χ0n) is 26.0. The number of aliphatic imine (C=N–C) groups is 2. The van der Waals surface area contributed by atoms with Crippen molar-refractivity contribution in [1.29, 1.82) is 0 Å². The standard InChI is InChI=1S/C36H56N2.Ni/c1-7-13-15-17-18-20-22-36(38-34-27-31(11-5)24-32(12-6)28-34)35(21-19-16-14-8-2)37-33-25-29(9-3)23-30(10-4)26-33;/h23-28H,7-22H2,1-6H3;/b37-35+,38-36+;. The monoisotopic (exact) mass is 574 g/mol. The van der Waals surface area contributed by atoms with Crippen LogP contribution in [0, 0.1) is 0 Å². The van der Waals surface area contributed by atoms with Crippen molar-refractivity contribution in [1.82, 2.24) is 0 Å². The summed E-state index contributed by atoms with van der Waals surface area (Å²) in [5.74, 6) is 0. The molecule has 220 valence electrons. The van der Waals surface area contributed by atoms with E-state index in [1.807, 2.05) is 0 Å². The SMILES string of the molecule is CCCCCCCCC(=N\c1cc(CC)cc(CC)c1)/C(CCCCCC)=N/c1cc(CC)cc(CC)c1.[Ni]. The van der Waals surface area contributed by atoms with Gasteiger partial charge in [-0.05, 0) is 97.9 Å². The van der Waals surface area contributed by atoms with Crippen LogP contribution < -0.4 is 0 Å². The molecule has 0 bridgehead atoms. The molecule has 0 aromatic heterocycles. The van der Waals surface area contributed by atoms with Gasteiger partial charge in [-0.25, -0.2) is 0 Å². The van der Waals surface area contributed by atoms with E-state index < -0.39 is 0 Å². The average Bonchev–Trinajstić information content (AvgIpc) is 2.95. The summed E-state index contributed by atoms with van der Waals surface area (Å²) < 4.78 is 0. The summed E-state index contributed by atoms with van der Waals surface area (Å²) in [6, 6.07) is 13.9. The first-order valence-electron chi connectivity index (χ1n) is 16.0. The molecular weight excluding hydrogens is 519 g/mol. The number of hydrogen-bond acceptors (Lipinski definition) is 2. The maximum absolute atomic E-state index is 5.38. The Labute approximate surface area is 251 Å². The van der Waals surface area contributed by atoms with E-state index in [1.54, 1.807) is 0 Å². The average molecular weight is 576 g/mol. The van der Waals surface area contributed by atoms with Crippen molar-refractivity contribution in [3.05, 3.63) is 58.7 Å². The summed E-state index contributed by atoms with van der Waals surface area (Å²) in [5.41, 5.74) is 10.2. The maximum atomic E-state index is 5.38. The molecule has 0 fully saturated rings. The number of rotatable bonds is 19. The summed E-state index contributed by atoms with van der Waals surface area (Å²) >= 11 is 0. The van der Waals surface area contributed by atoms with E-state index in [9.17, 15) is 0 Å². The topological polar surface area (TPSA) is 24.7 Å². The van der Waals surface area contributed by atoms with Gasteiger partial charge < -0.3 is 0 Å². The van der Waals surface area contributed by atoms with Gasteiger partial charge >= 0.3 is 0 Å². The van der Waals surface area contributed by atoms with Crippen LogP contribution in [0.4, 0.5) is 11.4 Å². The molecule has 2 aromatic carbocycles. The second-order valence-corrected chi connectivity index (χ2v) is 10.9. The van der Waals surface area contributed by atoms with Crippen LogP contribution in [0.15, 0.2) is 46.4 Å². The van der Waals surface area contributed by atoms with Gasteiger partial charge in [-0.3, -0.25) is 9.98 Å². The van der Waals surface area contributed by atoms with Gasteiger partial charge in [-0.15, -0.1) is 0 Å². The van der Waals surface area contributed by atoms with Gasteiger partial charge in [0, 0.05) is 16.5 Å². The van der Waals surface area contributed by atoms with Crippen molar-refractivity contribution in [2.24, 2.45) is 9.98 Å². The van der Waals surface area contributed by atoms with Crippen molar-refractivity contribution in [2.75, 3.05) is 0 Å². The van der Waals surface area contributed by atoms with Crippen LogP contribution in [-0.2, 0) is 42.2 Å². The molecule has 0 spiro atoms. The zero-order chi connectivity index (χ0) is 27.6. The normalized spacial score (nSPS) is 12.1. The maximum Gasteiger partial charge on any atom is 0.0639 e. The van der Waals surface area contributed by atoms with Crippen molar-refractivity contribution in [3.8, 4) is 0 Å². The smallest absolute Gasteiger partial charge is 0.0639 e. The summed E-state index contributed by atoms with van der Waals surface area (Å²) in [6.07, 6.45) is 19.0. The molecule has 0 unspecified atom stereocenters. The molecule has 39 heavy (non-hydrogen) atoms. The predicted molar refractivity (Wildman–Crippen MR) is 171 cm³/mol. The minimum Gasteiger partial charge on any atom is -0.252 e. The number of aryl methyl sites for hydroxylation is 4. The molecular formula is C36H56N2Ni. The Kier molecular flexibility index (Phi) is 19.1. The molecule has 2 aromatic rings. The van der Waals surface area contributed by atoms with E-state index in [4.69, 9.17) is 9.98 Å². The number of hydrogen-bond donors (Lipinski definition) is 0. The Bertz CT molecular complexity index is 961. The van der Waals surface area contributed by atoms with Crippen LogP contribution in [0.3, 0.4) is 0 Å². The summed E-state index contributed by atoms with van der Waals surface area (Å²) in [7, 11) is 0. The van der Waals surface area contributed by atoms with E-state index in [0.717, 1.165) is 49.9 Å². The fraction of sp³-hybridized carbons (Fsp3) is 0.611. The third kappa shape index (κ3) is 13.5. The van der Waals surface area contributed by atoms with Crippen LogP contribution in [-0.4, -0.2) is 11.4 Å². The Morgan fingerprint density at radius 1 is 0.436 bits per heavy atom. The molecule has 0 saturated carbocycles. The molecule has 2 rings (SSSR count). The fourth-order valence-electron chi connectivity index (χ4n) is 5.06. The van der Waals surface area contributed by atoms with Crippen LogP contribution in [0.5, 0.6) is 0 Å². The Hall–Kier alpha value is -1.73. The van der Waals surface area contributed by atoms with Crippen LogP contribution >= 0.6 is 0 Å². The van der Waals surface area contributed by atoms with E-state index in [2.05, 4.69) is 77.9 Å². The first kappa shape index (κ1) is 35.3. The molecule has 0 atom stereocenters. The van der Waals surface area contributed by atoms with Crippen molar-refractivity contribution < 1.29 is 16.5 Å². The molecule has 2 nitrogen and oxygen atoms in total. The number of benzene rings is 2. The minimum atomic E-state index is 0. The first-order valence-corrected chi connectivity index (χ1v) is 16.0. The van der Waals surface area contributed by atoms with Crippen molar-refractivity contribution in [2.45, 2.75) is 144 Å². The summed E-state index contributed by atoms with van der Waals surface area (Å²) in [4.78, 5) is 10.7. The quantitative estimate of drug-likeness (QED) is 0.0904. The van der Waals surface area contributed by atoms with Gasteiger partial charge in [0.25, 0.3) is 0 Å². The third-order valence-corrected chi connectivity index (χ3v) is 7.60. The predicted octanol–water partition coefficient (Wildman–Crippen LogP) is 11.5. The van der Waals surface area contributed by atoms with Gasteiger partial charge in [0.05, 0.1) is 22.8 Å². The number of unbranched alkanes of at least 4 members (excludes halogenated alkanes) is 8. The van der Waals surface area contributed by atoms with Gasteiger partial charge in [0.2, 0.25) is 0 Å². The number of nitrogens with zero attached hydrogens (tertiary/aromatic N) is 2. The Morgan fingerprint density at radius 2 is 0.744 bits per heavy atom. The summed E-state index contributed by atoms with van der Waals surface area (Å²) in [6.45, 7) is 13.5. The Morgan fingerprint density at radius 3 is 1.08 bits per heavy atom. The Balaban J connectivity index is 0.00000760. The van der Waals surface area contributed by atoms with Gasteiger partial charge in [-0.2, -0.15) is 0 Å². The fourth-order valence-corrected chi connectivity index (χ4v) is 5.06. The van der Waals surface area contributed by atoms with Crippen LogP contribution in [0.2, 0.25) is 0 Å². The molecule has 0 radical (unpaired) electrons. The van der Waals surface area contributed by atoms with E-state index in [1.165, 1.54) is 97.9 Å². The van der Waals surface area contributed by atoms with Crippen molar-refractivity contribution in [3.63, 3.8) is 0 Å². The molecule has 0 heterocycles. The zero-order valence-corrected chi connectivity index (χ0v) is 27.0. The molecule has 3 heteroatoms. The molecule has 0 N–H and O–H groups in total. The van der Waals surface area contributed by atoms with Crippen LogP contribution in [0.25, 0.3) is 0 Å². The van der Waals surface area contributed by atoms with Gasteiger partial charge in [-0.1, -0.05) is 105 Å². The second kappa shape index (κ2) is 21.1. The summed E-state index contributed by atoms with van der Waals surface area (Å²) in [5, 5.41) is 0. The van der Waals surface area contributed by atoms with E-state index in [-0.39, 0.29) is 16.5 Å². The second-order valence-electron chi connectivity index (χ2n) is 10.9. The van der Waals surface area contributed by atoms with Gasteiger partial charge in [0.15, 0.2) is 0 Å². The van der Waals surface area contributed by atoms with Crippen molar-refractivity contribution >= 4 is 22.8 Å². The minimum absolute atomic E-state index is 0. The molecule has 0 saturated heterocycles. The van der Waals surface area contributed by atoms with Crippen LogP contribution in [0.1, 0.15) is 141 Å². The third-order valence-electron chi connectivity index (χ3n) is 7.60. The first-order chi connectivity index (χ1) is 18.6. The van der Waals surface area contributed by atoms with E-state index >= 15 is 0 Å².